The molecule has 50 heavy (non-hydrogen) atoms. The van der Waals surface area contributed by atoms with E-state index in [4.69, 9.17) is 9.97 Å². The quantitative estimate of drug-likeness (QED) is 0.188. The largest absolute Gasteiger partial charge is 0.228 e. The minimum atomic E-state index is 0.721. The van der Waals surface area contributed by atoms with Crippen molar-refractivity contribution in [1.29, 1.82) is 0 Å². The molecule has 0 amide bonds. The van der Waals surface area contributed by atoms with Gasteiger partial charge in [-0.3, -0.25) is 0 Å². The Hall–Kier alpha value is -6.64. The zero-order valence-corrected chi connectivity index (χ0v) is 27.2. The number of rotatable bonds is 5. The highest BCUT2D eigenvalue weighted by Crippen LogP contribution is 2.48. The molecule has 0 unspecified atom stereocenters. The molecular weight excluding hydrogens is 605 g/mol. The predicted octanol–water partition coefficient (Wildman–Crippen LogP) is 12.8. The van der Waals surface area contributed by atoms with E-state index in [0.717, 1.165) is 39.5 Å². The van der Waals surface area contributed by atoms with Gasteiger partial charge in [-0.2, -0.15) is 0 Å². The van der Waals surface area contributed by atoms with Crippen molar-refractivity contribution in [3.8, 4) is 78.4 Å². The Morgan fingerprint density at radius 1 is 0.260 bits per heavy atom. The fraction of sp³-hybridized carbons (Fsp3) is 0. The van der Waals surface area contributed by atoms with E-state index in [1.54, 1.807) is 0 Å². The van der Waals surface area contributed by atoms with Gasteiger partial charge >= 0.3 is 0 Å². The molecule has 0 bridgehead atoms. The first kappa shape index (κ1) is 28.4. The molecule has 0 saturated heterocycles. The number of hydrogen-bond acceptors (Lipinski definition) is 2. The predicted molar refractivity (Wildman–Crippen MR) is 209 cm³/mol. The van der Waals surface area contributed by atoms with Gasteiger partial charge in [-0.15, -0.1) is 0 Å². The van der Waals surface area contributed by atoms with Gasteiger partial charge in [-0.1, -0.05) is 146 Å². The molecule has 0 radical (unpaired) electrons. The van der Waals surface area contributed by atoms with Gasteiger partial charge in [0.15, 0.2) is 5.82 Å². The third-order valence-corrected chi connectivity index (χ3v) is 9.98. The molecule has 1 heterocycles. The highest BCUT2D eigenvalue weighted by molar-refractivity contribution is 6.16. The van der Waals surface area contributed by atoms with Crippen molar-refractivity contribution in [2.75, 3.05) is 0 Å². The van der Waals surface area contributed by atoms with E-state index in [9.17, 15) is 0 Å². The molecule has 0 spiro atoms. The van der Waals surface area contributed by atoms with Gasteiger partial charge in [0.1, 0.15) is 0 Å². The molecule has 9 aromatic rings. The minimum absolute atomic E-state index is 0.721. The maximum absolute atomic E-state index is 5.06. The lowest BCUT2D eigenvalue weighted by Gasteiger charge is -2.12. The van der Waals surface area contributed by atoms with Crippen LogP contribution in [0.15, 0.2) is 182 Å². The number of nitrogens with zero attached hydrogens (tertiary/aromatic N) is 2. The Labute approximate surface area is 291 Å². The third kappa shape index (κ3) is 4.81. The summed E-state index contributed by atoms with van der Waals surface area (Å²) in [6, 6.07) is 65.1. The van der Waals surface area contributed by atoms with E-state index in [-0.39, 0.29) is 0 Å². The normalized spacial score (nSPS) is 11.6. The van der Waals surface area contributed by atoms with E-state index >= 15 is 0 Å². The third-order valence-electron chi connectivity index (χ3n) is 9.98. The molecular formula is C48H30N2. The first-order valence-corrected chi connectivity index (χ1v) is 17.1. The van der Waals surface area contributed by atoms with Gasteiger partial charge in [-0.05, 0) is 102 Å². The average Bonchev–Trinajstić information content (AvgIpc) is 3.52. The van der Waals surface area contributed by atoms with E-state index in [2.05, 4.69) is 146 Å². The van der Waals surface area contributed by atoms with Crippen molar-refractivity contribution in [2.24, 2.45) is 0 Å². The molecule has 1 aromatic heterocycles. The first-order valence-electron chi connectivity index (χ1n) is 17.1. The molecule has 0 saturated carbocycles. The summed E-state index contributed by atoms with van der Waals surface area (Å²) < 4.78 is 0. The van der Waals surface area contributed by atoms with Crippen LogP contribution in [0.25, 0.3) is 100.0 Å². The average molecular weight is 635 g/mol. The monoisotopic (exact) mass is 634 g/mol. The maximum atomic E-state index is 5.06. The van der Waals surface area contributed by atoms with E-state index < -0.39 is 0 Å². The molecule has 0 N–H and O–H groups in total. The van der Waals surface area contributed by atoms with Gasteiger partial charge < -0.3 is 0 Å². The van der Waals surface area contributed by atoms with Gasteiger partial charge in [0.25, 0.3) is 0 Å². The van der Waals surface area contributed by atoms with Crippen LogP contribution in [-0.2, 0) is 0 Å². The van der Waals surface area contributed by atoms with Gasteiger partial charge in [0.2, 0.25) is 0 Å². The van der Waals surface area contributed by atoms with Crippen molar-refractivity contribution in [3.63, 3.8) is 0 Å². The van der Waals surface area contributed by atoms with Crippen molar-refractivity contribution in [2.45, 2.75) is 0 Å². The molecule has 8 aromatic carbocycles. The highest BCUT2D eigenvalue weighted by atomic mass is 14.9. The zero-order chi connectivity index (χ0) is 33.0. The summed E-state index contributed by atoms with van der Waals surface area (Å²) in [5, 5.41) is 5.09. The van der Waals surface area contributed by atoms with Crippen molar-refractivity contribution < 1.29 is 0 Å². The van der Waals surface area contributed by atoms with Crippen LogP contribution in [0, 0.1) is 0 Å². The van der Waals surface area contributed by atoms with Crippen LogP contribution >= 0.6 is 0 Å². The van der Waals surface area contributed by atoms with Gasteiger partial charge in [0.05, 0.1) is 11.4 Å². The second-order valence-electron chi connectivity index (χ2n) is 13.0. The summed E-state index contributed by atoms with van der Waals surface area (Å²) in [5.74, 6) is 0.721. The molecule has 2 nitrogen and oxygen atoms in total. The molecule has 1 aliphatic carbocycles. The standard InChI is InChI=1S/C48H30N2/c1-3-11-31(12-4-1)45-30-46(50-48(49-45)32-13-5-2-6-14-32)38-16-9-15-33(27-38)34-21-22-36-26-37(24-23-35(36)25-34)40-28-39-17-10-20-43-41-18-7-8-19-42(41)44(29-40)47(39)43/h1-30H. The first-order chi connectivity index (χ1) is 24.7. The Balaban J connectivity index is 1.02. The fourth-order valence-electron chi connectivity index (χ4n) is 7.52. The Morgan fingerprint density at radius 2 is 0.780 bits per heavy atom. The van der Waals surface area contributed by atoms with E-state index in [1.807, 2.05) is 36.4 Å². The smallest absolute Gasteiger partial charge is 0.160 e. The van der Waals surface area contributed by atoms with E-state index in [1.165, 1.54) is 60.5 Å². The lowest BCUT2D eigenvalue weighted by Crippen LogP contribution is -1.96. The molecule has 0 atom stereocenters. The van der Waals surface area contributed by atoms with Crippen LogP contribution in [0.3, 0.4) is 0 Å². The summed E-state index contributed by atoms with van der Waals surface area (Å²) in [6.45, 7) is 0. The number of hydrogen-bond donors (Lipinski definition) is 0. The van der Waals surface area contributed by atoms with Gasteiger partial charge in [-0.25, -0.2) is 9.97 Å². The molecule has 0 aliphatic heterocycles. The van der Waals surface area contributed by atoms with Crippen molar-refractivity contribution in [3.05, 3.63) is 182 Å². The summed E-state index contributed by atoms with van der Waals surface area (Å²) in [6.07, 6.45) is 0. The molecule has 10 rings (SSSR count). The van der Waals surface area contributed by atoms with Crippen LogP contribution < -0.4 is 0 Å². The highest BCUT2D eigenvalue weighted by Gasteiger charge is 2.21. The Morgan fingerprint density at radius 3 is 1.52 bits per heavy atom. The molecule has 2 heteroatoms. The maximum Gasteiger partial charge on any atom is 0.160 e. The summed E-state index contributed by atoms with van der Waals surface area (Å²) in [7, 11) is 0. The lowest BCUT2D eigenvalue weighted by atomic mass is 9.93. The number of aromatic nitrogens is 2. The molecule has 232 valence electrons. The summed E-state index contributed by atoms with van der Waals surface area (Å²) >= 11 is 0. The summed E-state index contributed by atoms with van der Waals surface area (Å²) in [4.78, 5) is 10.0. The number of benzene rings is 8. The van der Waals surface area contributed by atoms with Crippen LogP contribution in [0.1, 0.15) is 0 Å². The van der Waals surface area contributed by atoms with Crippen LogP contribution in [0.5, 0.6) is 0 Å². The lowest BCUT2D eigenvalue weighted by molar-refractivity contribution is 1.18. The SMILES string of the molecule is c1ccc(-c2cc(-c3cccc(-c4ccc5cc(-c6cc7c8c(cccc8c6)-c6ccccc6-7)ccc5c4)c3)nc(-c3ccccc3)n2)cc1. The Kier molecular flexibility index (Phi) is 6.53. The molecule has 1 aliphatic rings. The van der Waals surface area contributed by atoms with Crippen LogP contribution in [0.2, 0.25) is 0 Å². The fourth-order valence-corrected chi connectivity index (χ4v) is 7.52. The van der Waals surface area contributed by atoms with Crippen LogP contribution in [0.4, 0.5) is 0 Å². The topological polar surface area (TPSA) is 25.8 Å². The summed E-state index contributed by atoms with van der Waals surface area (Å²) in [5.41, 5.74) is 15.1. The van der Waals surface area contributed by atoms with Crippen molar-refractivity contribution in [1.82, 2.24) is 9.97 Å². The number of fused-ring (bicyclic) bond motifs is 4. The van der Waals surface area contributed by atoms with Crippen molar-refractivity contribution >= 4 is 21.5 Å². The van der Waals surface area contributed by atoms with Gasteiger partial charge in [0, 0.05) is 16.7 Å². The molecule has 0 fully saturated rings. The zero-order valence-electron chi connectivity index (χ0n) is 27.2. The van der Waals surface area contributed by atoms with Crippen LogP contribution in [-0.4, -0.2) is 9.97 Å². The van der Waals surface area contributed by atoms with E-state index in [0.29, 0.717) is 0 Å². The second-order valence-corrected chi connectivity index (χ2v) is 13.0. The minimum Gasteiger partial charge on any atom is -0.228 e. The Bertz CT molecular complexity index is 2690. The second kappa shape index (κ2) is 11.5.